The van der Waals surface area contributed by atoms with E-state index in [2.05, 4.69) is 21.4 Å². The summed E-state index contributed by atoms with van der Waals surface area (Å²) in [6.45, 7) is 11.6. The molecule has 0 radical (unpaired) electrons. The van der Waals surface area contributed by atoms with Gasteiger partial charge in [0.1, 0.15) is 10.7 Å². The normalized spacial score (nSPS) is 12.9. The van der Waals surface area contributed by atoms with Crippen molar-refractivity contribution in [2.24, 2.45) is 0 Å². The second-order valence-electron chi connectivity index (χ2n) is 5.82. The van der Waals surface area contributed by atoms with Crippen LogP contribution in [-0.4, -0.2) is 39.2 Å². The number of aryl methyl sites for hydroxylation is 2. The maximum atomic E-state index is 12.3. The van der Waals surface area contributed by atoms with Gasteiger partial charge in [-0.3, -0.25) is 9.69 Å². The number of aliphatic hydroxyl groups is 1. The summed E-state index contributed by atoms with van der Waals surface area (Å²) in [5.41, 5.74) is 0.938. The van der Waals surface area contributed by atoms with E-state index < -0.39 is 6.10 Å². The molecular weight excluding hydrogens is 310 g/mol. The smallest absolute Gasteiger partial charge is 0.259 e. The van der Waals surface area contributed by atoms with Crippen LogP contribution in [0.25, 0.3) is 10.2 Å². The zero-order valence-corrected chi connectivity index (χ0v) is 14.9. The lowest BCUT2D eigenvalue weighted by atomic mass is 10.2. The van der Waals surface area contributed by atoms with E-state index in [1.54, 1.807) is 11.3 Å². The van der Waals surface area contributed by atoms with E-state index in [1.165, 1.54) is 0 Å². The van der Waals surface area contributed by atoms with Gasteiger partial charge < -0.3 is 10.1 Å². The second-order valence-corrected chi connectivity index (χ2v) is 7.03. The van der Waals surface area contributed by atoms with E-state index in [4.69, 9.17) is 0 Å². The Bertz CT molecular complexity index is 735. The van der Waals surface area contributed by atoms with Crippen LogP contribution in [0.4, 0.5) is 0 Å². The van der Waals surface area contributed by atoms with Gasteiger partial charge in [-0.15, -0.1) is 17.9 Å². The van der Waals surface area contributed by atoms with E-state index in [0.29, 0.717) is 30.7 Å². The Morgan fingerprint density at radius 3 is 2.87 bits per heavy atom. The van der Waals surface area contributed by atoms with Gasteiger partial charge in [0.05, 0.1) is 18.0 Å². The van der Waals surface area contributed by atoms with Gasteiger partial charge in [-0.2, -0.15) is 0 Å². The highest BCUT2D eigenvalue weighted by Crippen LogP contribution is 2.25. The van der Waals surface area contributed by atoms with E-state index in [1.807, 2.05) is 26.8 Å². The largest absolute Gasteiger partial charge is 0.392 e. The van der Waals surface area contributed by atoms with E-state index in [-0.39, 0.29) is 5.56 Å². The summed E-state index contributed by atoms with van der Waals surface area (Å²) in [6, 6.07) is 0. The molecule has 126 valence electrons. The first-order valence-electron chi connectivity index (χ1n) is 7.96. The van der Waals surface area contributed by atoms with Crippen molar-refractivity contribution in [1.82, 2.24) is 14.9 Å². The van der Waals surface area contributed by atoms with Crippen molar-refractivity contribution in [3.05, 3.63) is 39.3 Å². The molecule has 2 N–H and O–H groups in total. The summed E-state index contributed by atoms with van der Waals surface area (Å²) in [4.78, 5) is 23.8. The predicted octanol–water partition coefficient (Wildman–Crippen LogP) is 2.75. The van der Waals surface area contributed by atoms with Gasteiger partial charge in [-0.25, -0.2) is 4.98 Å². The molecule has 23 heavy (non-hydrogen) atoms. The Morgan fingerprint density at radius 2 is 2.22 bits per heavy atom. The van der Waals surface area contributed by atoms with Crippen molar-refractivity contribution in [3.8, 4) is 0 Å². The van der Waals surface area contributed by atoms with Crippen LogP contribution >= 0.6 is 11.3 Å². The number of aromatic amines is 1. The van der Waals surface area contributed by atoms with Crippen molar-refractivity contribution in [1.29, 1.82) is 0 Å². The number of allylic oxidation sites excluding steroid dienone is 1. The number of rotatable bonds is 8. The third-order valence-electron chi connectivity index (χ3n) is 4.08. The van der Waals surface area contributed by atoms with Crippen molar-refractivity contribution < 1.29 is 5.11 Å². The Kier molecular flexibility index (Phi) is 6.10. The lowest BCUT2D eigenvalue weighted by molar-refractivity contribution is 0.104. The summed E-state index contributed by atoms with van der Waals surface area (Å²) < 4.78 is 0. The molecule has 2 aromatic rings. The Hall–Kier alpha value is -1.50. The fourth-order valence-corrected chi connectivity index (χ4v) is 3.64. The molecule has 2 rings (SSSR count). The minimum atomic E-state index is -0.394. The van der Waals surface area contributed by atoms with Crippen molar-refractivity contribution in [2.45, 2.75) is 46.3 Å². The molecule has 0 aromatic carbocycles. The predicted molar refractivity (Wildman–Crippen MR) is 96.1 cm³/mol. The number of likely N-dealkylation sites (N-methyl/N-ethyl adjacent to an activating group) is 1. The molecule has 0 amide bonds. The number of nitrogens with one attached hydrogen (secondary N) is 1. The summed E-state index contributed by atoms with van der Waals surface area (Å²) in [5, 5.41) is 10.7. The molecule has 2 aromatic heterocycles. The van der Waals surface area contributed by atoms with Crippen LogP contribution in [0.1, 0.15) is 36.0 Å². The first-order valence-corrected chi connectivity index (χ1v) is 8.78. The molecule has 0 bridgehead atoms. The van der Waals surface area contributed by atoms with Crippen LogP contribution in [0.5, 0.6) is 0 Å². The lowest BCUT2D eigenvalue weighted by Gasteiger charge is -2.22. The number of aliphatic hydroxyl groups excluding tert-OH is 1. The first-order chi connectivity index (χ1) is 11.0. The van der Waals surface area contributed by atoms with Gasteiger partial charge in [0.15, 0.2) is 0 Å². The summed E-state index contributed by atoms with van der Waals surface area (Å²) in [7, 11) is 0. The minimum absolute atomic E-state index is 0.0740. The average molecular weight is 335 g/mol. The number of fused-ring (bicyclic) bond motifs is 1. The molecule has 0 fully saturated rings. The standard InChI is InChI=1S/C17H25N3O2S/c1-5-7-8-13(21)9-20(6-2)10-14-18-16(22)15-11(3)12(4)23-17(15)19-14/h5,13,21H,1,6-10H2,2-4H3,(H,18,19,22). The molecule has 5 nitrogen and oxygen atoms in total. The zero-order chi connectivity index (χ0) is 17.0. The highest BCUT2D eigenvalue weighted by Gasteiger charge is 2.15. The van der Waals surface area contributed by atoms with Crippen molar-refractivity contribution >= 4 is 21.6 Å². The number of aromatic nitrogens is 2. The molecule has 0 aliphatic rings. The maximum absolute atomic E-state index is 12.3. The van der Waals surface area contributed by atoms with Crippen LogP contribution in [-0.2, 0) is 6.54 Å². The minimum Gasteiger partial charge on any atom is -0.392 e. The number of hydrogen-bond acceptors (Lipinski definition) is 5. The van der Waals surface area contributed by atoms with Crippen LogP contribution in [0.2, 0.25) is 0 Å². The zero-order valence-electron chi connectivity index (χ0n) is 14.1. The SMILES string of the molecule is C=CCCC(O)CN(CC)Cc1nc2sc(C)c(C)c2c(=O)[nH]1. The van der Waals surface area contributed by atoms with Crippen molar-refractivity contribution in [3.63, 3.8) is 0 Å². The maximum Gasteiger partial charge on any atom is 0.259 e. The number of thiophene rings is 1. The van der Waals surface area contributed by atoms with E-state index in [9.17, 15) is 9.90 Å². The Morgan fingerprint density at radius 1 is 1.48 bits per heavy atom. The highest BCUT2D eigenvalue weighted by atomic mass is 32.1. The molecule has 2 heterocycles. The monoisotopic (exact) mass is 335 g/mol. The Labute approximate surface area is 140 Å². The number of hydrogen-bond donors (Lipinski definition) is 2. The highest BCUT2D eigenvalue weighted by molar-refractivity contribution is 7.18. The molecule has 1 atom stereocenters. The molecular formula is C17H25N3O2S. The second kappa shape index (κ2) is 7.86. The molecule has 0 aliphatic heterocycles. The third kappa shape index (κ3) is 4.28. The summed E-state index contributed by atoms with van der Waals surface area (Å²) in [5.74, 6) is 0.654. The molecule has 0 saturated carbocycles. The molecule has 6 heteroatoms. The molecule has 0 aliphatic carbocycles. The van der Waals surface area contributed by atoms with Gasteiger partial charge in [-0.05, 0) is 38.8 Å². The quantitative estimate of drug-likeness (QED) is 0.728. The molecule has 1 unspecified atom stereocenters. The third-order valence-corrected chi connectivity index (χ3v) is 5.18. The van der Waals surface area contributed by atoms with Crippen LogP contribution in [0, 0.1) is 13.8 Å². The topological polar surface area (TPSA) is 69.2 Å². The van der Waals surface area contributed by atoms with Gasteiger partial charge in [0, 0.05) is 11.4 Å². The van der Waals surface area contributed by atoms with E-state index >= 15 is 0 Å². The Balaban J connectivity index is 2.16. The summed E-state index contributed by atoms with van der Waals surface area (Å²) >= 11 is 1.56. The number of nitrogens with zero attached hydrogens (tertiary/aromatic N) is 2. The van der Waals surface area contributed by atoms with Gasteiger partial charge in [0.2, 0.25) is 0 Å². The van der Waals surface area contributed by atoms with Gasteiger partial charge in [0.25, 0.3) is 5.56 Å². The van der Waals surface area contributed by atoms with E-state index in [0.717, 1.165) is 28.2 Å². The van der Waals surface area contributed by atoms with Crippen LogP contribution in [0.15, 0.2) is 17.4 Å². The van der Waals surface area contributed by atoms with Crippen LogP contribution in [0.3, 0.4) is 0 Å². The van der Waals surface area contributed by atoms with Crippen molar-refractivity contribution in [2.75, 3.05) is 13.1 Å². The molecule has 0 spiro atoms. The average Bonchev–Trinajstić information content (AvgIpc) is 2.79. The fourth-order valence-electron chi connectivity index (χ4n) is 2.59. The molecule has 0 saturated heterocycles. The summed E-state index contributed by atoms with van der Waals surface area (Å²) in [6.07, 6.45) is 2.92. The van der Waals surface area contributed by atoms with Gasteiger partial charge >= 0.3 is 0 Å². The fraction of sp³-hybridized carbons (Fsp3) is 0.529. The van der Waals surface area contributed by atoms with Crippen LogP contribution < -0.4 is 5.56 Å². The lowest BCUT2D eigenvalue weighted by Crippen LogP contribution is -2.33. The first kappa shape index (κ1) is 17.8. The van der Waals surface area contributed by atoms with Gasteiger partial charge in [-0.1, -0.05) is 13.0 Å². The number of H-pyrrole nitrogens is 1.